The largest absolute Gasteiger partial charge is 0.161 e. The lowest BCUT2D eigenvalue weighted by atomic mass is 10.8. The molecule has 0 aromatic carbocycles. The van der Waals surface area contributed by atoms with Gasteiger partial charge in [-0.3, -0.25) is 0 Å². The average molecular weight is 206 g/mol. The summed E-state index contributed by atoms with van der Waals surface area (Å²) in [4.78, 5) is 0. The summed E-state index contributed by atoms with van der Waals surface area (Å²) in [6.45, 7) is 7.20. The van der Waals surface area contributed by atoms with Crippen LogP contribution in [-0.4, -0.2) is 26.3 Å². The average Bonchev–Trinajstić information content (AvgIpc) is 1.87. The van der Waals surface area contributed by atoms with E-state index in [1.807, 2.05) is 23.5 Å². The van der Waals surface area contributed by atoms with E-state index < -0.39 is 8.07 Å². The van der Waals surface area contributed by atoms with Crippen LogP contribution in [0.4, 0.5) is 0 Å². The van der Waals surface area contributed by atoms with Crippen molar-refractivity contribution < 1.29 is 0 Å². The molecular formula is C8H18S2Si. The minimum atomic E-state index is -1.01. The van der Waals surface area contributed by atoms with E-state index in [9.17, 15) is 0 Å². The van der Waals surface area contributed by atoms with Crippen molar-refractivity contribution in [3.8, 4) is 0 Å². The second kappa shape index (κ2) is 5.33. The summed E-state index contributed by atoms with van der Waals surface area (Å²) in [5.41, 5.74) is 0. The van der Waals surface area contributed by atoms with Crippen molar-refractivity contribution in [2.45, 2.75) is 19.6 Å². The molecule has 0 rings (SSSR count). The molecule has 66 valence electrons. The Morgan fingerprint density at radius 3 is 2.09 bits per heavy atom. The van der Waals surface area contributed by atoms with Crippen LogP contribution in [0.3, 0.4) is 0 Å². The molecule has 0 N–H and O–H groups in total. The summed E-state index contributed by atoms with van der Waals surface area (Å²) in [7, 11) is -1.01. The van der Waals surface area contributed by atoms with Crippen molar-refractivity contribution in [3.05, 3.63) is 10.6 Å². The maximum Gasteiger partial charge on any atom is 0.0853 e. The first kappa shape index (κ1) is 11.7. The summed E-state index contributed by atoms with van der Waals surface area (Å²) in [5, 5.41) is 0. The van der Waals surface area contributed by atoms with Gasteiger partial charge < -0.3 is 0 Å². The van der Waals surface area contributed by atoms with Crippen LogP contribution in [0.5, 0.6) is 0 Å². The number of hydrogen-bond donors (Lipinski definition) is 0. The minimum Gasteiger partial charge on any atom is -0.161 e. The molecule has 0 aliphatic rings. The second-order valence-corrected chi connectivity index (χ2v) is 10.6. The fraction of sp³-hybridized carbons (Fsp3) is 0.750. The quantitative estimate of drug-likeness (QED) is 0.646. The zero-order valence-corrected chi connectivity index (χ0v) is 10.7. The highest BCUT2D eigenvalue weighted by Gasteiger charge is 2.17. The van der Waals surface area contributed by atoms with Crippen LogP contribution >= 0.6 is 23.5 Å². The molecule has 0 nitrogen and oxygen atoms in total. The van der Waals surface area contributed by atoms with Crippen LogP contribution in [0.15, 0.2) is 10.6 Å². The molecule has 0 aromatic rings. The Morgan fingerprint density at radius 2 is 1.82 bits per heavy atom. The first-order valence-electron chi connectivity index (χ1n) is 3.76. The smallest absolute Gasteiger partial charge is 0.0853 e. The van der Waals surface area contributed by atoms with Gasteiger partial charge in [0.15, 0.2) is 0 Å². The van der Waals surface area contributed by atoms with Crippen molar-refractivity contribution in [3.63, 3.8) is 0 Å². The molecule has 0 bridgehead atoms. The molecule has 0 aliphatic heterocycles. The van der Waals surface area contributed by atoms with Crippen LogP contribution in [0.2, 0.25) is 19.6 Å². The van der Waals surface area contributed by atoms with E-state index >= 15 is 0 Å². The lowest BCUT2D eigenvalue weighted by molar-refractivity contribution is 1.68. The molecular weight excluding hydrogens is 188 g/mol. The molecule has 0 aliphatic carbocycles. The van der Waals surface area contributed by atoms with E-state index in [1.165, 1.54) is 5.75 Å². The molecule has 0 atom stereocenters. The third kappa shape index (κ3) is 4.99. The zero-order valence-electron chi connectivity index (χ0n) is 8.10. The monoisotopic (exact) mass is 206 g/mol. The van der Waals surface area contributed by atoms with Crippen molar-refractivity contribution in [1.82, 2.24) is 0 Å². The lowest BCUT2D eigenvalue weighted by Crippen LogP contribution is -2.22. The number of rotatable bonds is 4. The molecule has 0 saturated heterocycles. The van der Waals surface area contributed by atoms with Crippen LogP contribution in [0.25, 0.3) is 0 Å². The Hall–Kier alpha value is 0.657. The van der Waals surface area contributed by atoms with Crippen molar-refractivity contribution in [2.24, 2.45) is 0 Å². The summed E-state index contributed by atoms with van der Waals surface area (Å²) >= 11 is 3.82. The number of hydrogen-bond acceptors (Lipinski definition) is 2. The topological polar surface area (TPSA) is 0 Å². The van der Waals surface area contributed by atoms with E-state index in [0.717, 1.165) is 0 Å². The van der Waals surface area contributed by atoms with Gasteiger partial charge in [0.25, 0.3) is 0 Å². The Kier molecular flexibility index (Phi) is 5.65. The molecule has 0 saturated carbocycles. The third-order valence-corrected chi connectivity index (χ3v) is 6.63. The molecule has 0 amide bonds. The van der Waals surface area contributed by atoms with E-state index in [1.54, 1.807) is 4.53 Å². The summed E-state index contributed by atoms with van der Waals surface area (Å²) in [6, 6.07) is 0. The zero-order chi connectivity index (χ0) is 8.91. The van der Waals surface area contributed by atoms with Gasteiger partial charge in [-0.05, 0) is 17.0 Å². The maximum absolute atomic E-state index is 2.40. The van der Waals surface area contributed by atoms with Crippen LogP contribution in [0, 0.1) is 0 Å². The Labute approximate surface area is 80.2 Å². The normalized spacial score (nSPS) is 13.7. The highest BCUT2D eigenvalue weighted by Crippen LogP contribution is 2.24. The molecule has 11 heavy (non-hydrogen) atoms. The van der Waals surface area contributed by atoms with Gasteiger partial charge in [0.1, 0.15) is 0 Å². The molecule has 3 heteroatoms. The van der Waals surface area contributed by atoms with Crippen LogP contribution in [0.1, 0.15) is 0 Å². The molecule has 0 radical (unpaired) electrons. The highest BCUT2D eigenvalue weighted by atomic mass is 32.2. The van der Waals surface area contributed by atoms with E-state index in [2.05, 4.69) is 38.2 Å². The van der Waals surface area contributed by atoms with Crippen LogP contribution in [-0.2, 0) is 0 Å². The fourth-order valence-corrected chi connectivity index (χ4v) is 4.86. The number of thioether (sulfide) groups is 2. The summed E-state index contributed by atoms with van der Waals surface area (Å²) in [6.07, 6.45) is 6.73. The van der Waals surface area contributed by atoms with Gasteiger partial charge in [-0.2, -0.15) is 11.8 Å². The van der Waals surface area contributed by atoms with E-state index in [4.69, 9.17) is 0 Å². The van der Waals surface area contributed by atoms with Crippen molar-refractivity contribution in [2.75, 3.05) is 18.3 Å². The lowest BCUT2D eigenvalue weighted by Gasteiger charge is -2.18. The third-order valence-electron chi connectivity index (χ3n) is 1.39. The van der Waals surface area contributed by atoms with Gasteiger partial charge in [0.05, 0.1) is 8.07 Å². The van der Waals surface area contributed by atoms with Crippen LogP contribution < -0.4 is 0 Å². The van der Waals surface area contributed by atoms with Gasteiger partial charge >= 0.3 is 0 Å². The molecule has 0 unspecified atom stereocenters. The first-order chi connectivity index (χ1) is 5.02. The Bertz CT molecular complexity index is 136. The van der Waals surface area contributed by atoms with Gasteiger partial charge in [0, 0.05) is 5.75 Å². The van der Waals surface area contributed by atoms with Crippen molar-refractivity contribution >= 4 is 31.6 Å². The summed E-state index contributed by atoms with van der Waals surface area (Å²) in [5.74, 6) is 1.17. The van der Waals surface area contributed by atoms with Crippen molar-refractivity contribution in [1.29, 1.82) is 0 Å². The van der Waals surface area contributed by atoms with Gasteiger partial charge in [-0.15, -0.1) is 11.8 Å². The highest BCUT2D eigenvalue weighted by molar-refractivity contribution is 8.04. The van der Waals surface area contributed by atoms with Gasteiger partial charge in [-0.25, -0.2) is 0 Å². The standard InChI is InChI=1S/C8H18S2Si/c1-9-7-6-8(10-2)11(3,4)5/h6H,7H2,1-5H3/b8-6-. The SMILES string of the molecule is CSC/C=C(/SC)[Si](C)(C)C. The fourth-order valence-electron chi connectivity index (χ4n) is 0.855. The molecule has 0 aromatic heterocycles. The maximum atomic E-state index is 2.40. The molecule has 0 spiro atoms. The second-order valence-electron chi connectivity index (χ2n) is 3.48. The minimum absolute atomic E-state index is 1.01. The molecule has 0 fully saturated rings. The van der Waals surface area contributed by atoms with E-state index in [-0.39, 0.29) is 0 Å². The molecule has 0 heterocycles. The summed E-state index contributed by atoms with van der Waals surface area (Å²) < 4.78 is 1.63. The van der Waals surface area contributed by atoms with Gasteiger partial charge in [-0.1, -0.05) is 25.7 Å². The van der Waals surface area contributed by atoms with Gasteiger partial charge in [0.2, 0.25) is 0 Å². The Morgan fingerprint density at radius 1 is 1.27 bits per heavy atom. The predicted molar refractivity (Wildman–Crippen MR) is 63.3 cm³/mol. The van der Waals surface area contributed by atoms with E-state index in [0.29, 0.717) is 0 Å². The first-order valence-corrected chi connectivity index (χ1v) is 9.87. The predicted octanol–water partition coefficient (Wildman–Crippen LogP) is 3.47. The Balaban J connectivity index is 4.16.